The van der Waals surface area contributed by atoms with Crippen molar-refractivity contribution in [2.45, 2.75) is 4.90 Å². The zero-order chi connectivity index (χ0) is 19.6. The number of hydrogen-bond acceptors (Lipinski definition) is 6. The van der Waals surface area contributed by atoms with Crippen LogP contribution in [0.5, 0.6) is 0 Å². The van der Waals surface area contributed by atoms with E-state index in [4.69, 9.17) is 21.5 Å². The van der Waals surface area contributed by atoms with Crippen LogP contribution in [0.25, 0.3) is 10.1 Å². The lowest BCUT2D eigenvalue weighted by molar-refractivity contribution is -0.119. The summed E-state index contributed by atoms with van der Waals surface area (Å²) in [7, 11) is -3.81. The first-order valence-electron chi connectivity index (χ1n) is 7.52. The van der Waals surface area contributed by atoms with Crippen molar-refractivity contribution in [1.82, 2.24) is 0 Å². The molecule has 1 heterocycles. The molecule has 0 aliphatic rings. The third-order valence-corrected chi connectivity index (χ3v) is 6.11. The fourth-order valence-corrected chi connectivity index (χ4v) is 4.18. The van der Waals surface area contributed by atoms with E-state index in [0.717, 1.165) is 10.1 Å². The number of halogens is 1. The minimum Gasteiger partial charge on any atom is -0.451 e. The molecule has 0 spiro atoms. The lowest BCUT2D eigenvalue weighted by atomic mass is 10.2. The van der Waals surface area contributed by atoms with Gasteiger partial charge in [0.25, 0.3) is 5.91 Å². The molecule has 0 atom stereocenters. The Kier molecular flexibility index (Phi) is 5.47. The van der Waals surface area contributed by atoms with Crippen LogP contribution in [-0.2, 0) is 19.6 Å². The Morgan fingerprint density at radius 2 is 1.78 bits per heavy atom. The molecule has 3 aromatic rings. The molecule has 0 saturated heterocycles. The van der Waals surface area contributed by atoms with Gasteiger partial charge in [0.1, 0.15) is 4.88 Å². The van der Waals surface area contributed by atoms with E-state index in [0.29, 0.717) is 10.7 Å². The lowest BCUT2D eigenvalue weighted by Crippen LogP contribution is -2.20. The van der Waals surface area contributed by atoms with Crippen molar-refractivity contribution in [3.05, 3.63) is 58.4 Å². The van der Waals surface area contributed by atoms with Crippen molar-refractivity contribution < 1.29 is 22.7 Å². The van der Waals surface area contributed by atoms with Crippen LogP contribution in [0.2, 0.25) is 5.02 Å². The minimum atomic E-state index is -3.81. The van der Waals surface area contributed by atoms with E-state index in [-0.39, 0.29) is 9.77 Å². The van der Waals surface area contributed by atoms with Crippen molar-refractivity contribution in [2.24, 2.45) is 5.14 Å². The summed E-state index contributed by atoms with van der Waals surface area (Å²) in [5.41, 5.74) is 0.336. The number of sulfonamides is 1. The Bertz CT molecular complexity index is 1120. The monoisotopic (exact) mass is 424 g/mol. The molecule has 27 heavy (non-hydrogen) atoms. The number of rotatable bonds is 5. The van der Waals surface area contributed by atoms with Gasteiger partial charge in [-0.25, -0.2) is 18.4 Å². The van der Waals surface area contributed by atoms with Gasteiger partial charge in [-0.05, 0) is 30.3 Å². The molecule has 10 heteroatoms. The van der Waals surface area contributed by atoms with Crippen LogP contribution in [-0.4, -0.2) is 26.9 Å². The van der Waals surface area contributed by atoms with Gasteiger partial charge in [0, 0.05) is 15.8 Å². The predicted octanol–water partition coefficient (Wildman–Crippen LogP) is 3.00. The van der Waals surface area contributed by atoms with Crippen molar-refractivity contribution in [3.8, 4) is 0 Å². The fraction of sp³-hybridized carbons (Fsp3) is 0.0588. The smallest absolute Gasteiger partial charge is 0.350 e. The van der Waals surface area contributed by atoms with E-state index in [1.54, 1.807) is 6.07 Å². The summed E-state index contributed by atoms with van der Waals surface area (Å²) in [5, 5.41) is 8.53. The molecule has 3 rings (SSSR count). The second kappa shape index (κ2) is 7.65. The summed E-state index contributed by atoms with van der Waals surface area (Å²) < 4.78 is 28.2. The zero-order valence-electron chi connectivity index (χ0n) is 13.6. The highest BCUT2D eigenvalue weighted by Crippen LogP contribution is 2.35. The second-order valence-electron chi connectivity index (χ2n) is 5.44. The van der Waals surface area contributed by atoms with Crippen molar-refractivity contribution >= 4 is 60.6 Å². The number of esters is 1. The second-order valence-corrected chi connectivity index (χ2v) is 8.43. The standard InChI is InChI=1S/C17H13ClN2O5S2/c18-15-12-3-1-2-4-13(12)26-16(15)17(22)25-9-14(21)20-10-5-7-11(8-6-10)27(19,23)24/h1-8H,9H2,(H,20,21)(H2,19,23,24). The molecule has 1 amide bonds. The third kappa shape index (κ3) is 4.45. The highest BCUT2D eigenvalue weighted by molar-refractivity contribution is 7.89. The first-order valence-corrected chi connectivity index (χ1v) is 10.3. The summed E-state index contributed by atoms with van der Waals surface area (Å²) in [6, 6.07) is 12.5. The number of hydrogen-bond donors (Lipinski definition) is 2. The van der Waals surface area contributed by atoms with E-state index in [1.165, 1.54) is 35.6 Å². The van der Waals surface area contributed by atoms with Crippen molar-refractivity contribution in [3.63, 3.8) is 0 Å². The Morgan fingerprint density at radius 3 is 2.41 bits per heavy atom. The van der Waals surface area contributed by atoms with Gasteiger partial charge in [0.2, 0.25) is 10.0 Å². The SMILES string of the molecule is NS(=O)(=O)c1ccc(NC(=O)COC(=O)c2sc3ccccc3c2Cl)cc1. The molecule has 140 valence electrons. The van der Waals surface area contributed by atoms with Gasteiger partial charge < -0.3 is 10.1 Å². The quantitative estimate of drug-likeness (QED) is 0.611. The van der Waals surface area contributed by atoms with Gasteiger partial charge in [0.05, 0.1) is 9.92 Å². The number of carbonyl (C=O) groups is 2. The van der Waals surface area contributed by atoms with Gasteiger partial charge >= 0.3 is 5.97 Å². The molecular formula is C17H13ClN2O5S2. The first kappa shape index (κ1) is 19.3. The molecule has 3 N–H and O–H groups in total. The van der Waals surface area contributed by atoms with E-state index < -0.39 is 28.5 Å². The maximum Gasteiger partial charge on any atom is 0.350 e. The van der Waals surface area contributed by atoms with Crippen LogP contribution in [0, 0.1) is 0 Å². The van der Waals surface area contributed by atoms with Crippen LogP contribution in [0.1, 0.15) is 9.67 Å². The number of nitrogens with two attached hydrogens (primary N) is 1. The van der Waals surface area contributed by atoms with Crippen molar-refractivity contribution in [1.29, 1.82) is 0 Å². The largest absolute Gasteiger partial charge is 0.451 e. The van der Waals surface area contributed by atoms with E-state index in [2.05, 4.69) is 5.32 Å². The van der Waals surface area contributed by atoms with Gasteiger partial charge in [-0.3, -0.25) is 4.79 Å². The number of nitrogens with one attached hydrogen (secondary N) is 1. The van der Waals surface area contributed by atoms with Crippen LogP contribution in [0.3, 0.4) is 0 Å². The molecule has 0 radical (unpaired) electrons. The maximum absolute atomic E-state index is 12.2. The molecule has 0 fully saturated rings. The summed E-state index contributed by atoms with van der Waals surface area (Å²) in [6.45, 7) is -0.514. The minimum absolute atomic E-state index is 0.0775. The van der Waals surface area contributed by atoms with E-state index in [1.807, 2.05) is 18.2 Å². The van der Waals surface area contributed by atoms with Gasteiger partial charge in [0.15, 0.2) is 6.61 Å². The van der Waals surface area contributed by atoms with Crippen LogP contribution in [0.4, 0.5) is 5.69 Å². The van der Waals surface area contributed by atoms with Crippen molar-refractivity contribution in [2.75, 3.05) is 11.9 Å². The molecule has 7 nitrogen and oxygen atoms in total. The lowest BCUT2D eigenvalue weighted by Gasteiger charge is -2.07. The number of primary sulfonamides is 1. The Labute approximate surface area is 163 Å². The van der Waals surface area contributed by atoms with E-state index >= 15 is 0 Å². The number of carbonyl (C=O) groups excluding carboxylic acids is 2. The average Bonchev–Trinajstić information content (AvgIpc) is 2.97. The summed E-state index contributed by atoms with van der Waals surface area (Å²) in [4.78, 5) is 24.3. The predicted molar refractivity (Wildman–Crippen MR) is 104 cm³/mol. The highest BCUT2D eigenvalue weighted by atomic mass is 35.5. The molecule has 0 aliphatic heterocycles. The van der Waals surface area contributed by atoms with E-state index in [9.17, 15) is 18.0 Å². The number of anilines is 1. The average molecular weight is 425 g/mol. The van der Waals surface area contributed by atoms with Crippen LogP contribution >= 0.6 is 22.9 Å². The highest BCUT2D eigenvalue weighted by Gasteiger charge is 2.19. The number of thiophene rings is 1. The number of benzene rings is 2. The zero-order valence-corrected chi connectivity index (χ0v) is 16.0. The molecule has 0 saturated carbocycles. The first-order chi connectivity index (χ1) is 12.8. The summed E-state index contributed by atoms with van der Waals surface area (Å²) in [5.74, 6) is -1.27. The molecule has 1 aromatic heterocycles. The normalized spacial score (nSPS) is 11.3. The number of fused-ring (bicyclic) bond motifs is 1. The topological polar surface area (TPSA) is 116 Å². The summed E-state index contributed by atoms with van der Waals surface area (Å²) >= 11 is 7.38. The molecule has 0 bridgehead atoms. The van der Waals surface area contributed by atoms with Gasteiger partial charge in [-0.15, -0.1) is 11.3 Å². The maximum atomic E-state index is 12.2. The Hall–Kier alpha value is -2.46. The summed E-state index contributed by atoms with van der Waals surface area (Å²) in [6.07, 6.45) is 0. The van der Waals surface area contributed by atoms with Gasteiger partial charge in [-0.1, -0.05) is 29.8 Å². The fourth-order valence-electron chi connectivity index (χ4n) is 2.27. The molecule has 0 unspecified atom stereocenters. The molecular weight excluding hydrogens is 412 g/mol. The Morgan fingerprint density at radius 1 is 1.11 bits per heavy atom. The number of ether oxygens (including phenoxy) is 1. The molecule has 2 aromatic carbocycles. The number of amides is 1. The van der Waals surface area contributed by atoms with Crippen LogP contribution in [0.15, 0.2) is 53.4 Å². The molecule has 0 aliphatic carbocycles. The van der Waals surface area contributed by atoms with Crippen LogP contribution < -0.4 is 10.5 Å². The Balaban J connectivity index is 1.61. The third-order valence-electron chi connectivity index (χ3n) is 3.52. The van der Waals surface area contributed by atoms with Gasteiger partial charge in [-0.2, -0.15) is 0 Å².